The Morgan fingerprint density at radius 3 is 2.45 bits per heavy atom. The molecule has 0 saturated carbocycles. The fraction of sp³-hybridized carbons (Fsp3) is 0.478. The third kappa shape index (κ3) is 7.24. The molecule has 0 atom stereocenters. The SMILES string of the molecule is CCN1CCN(c2ccc(CNC(=NC)NCc3ccc(C)cc3OC)cn2)CC1.I. The largest absolute Gasteiger partial charge is 0.496 e. The molecule has 170 valence electrons. The molecule has 2 heterocycles. The molecule has 0 radical (unpaired) electrons. The number of nitrogens with one attached hydrogen (secondary N) is 2. The van der Waals surface area contributed by atoms with Gasteiger partial charge in [-0.05, 0) is 36.7 Å². The van der Waals surface area contributed by atoms with Gasteiger partial charge in [-0.25, -0.2) is 4.98 Å². The van der Waals surface area contributed by atoms with Crippen molar-refractivity contribution in [3.63, 3.8) is 0 Å². The Morgan fingerprint density at radius 1 is 1.10 bits per heavy atom. The van der Waals surface area contributed by atoms with Crippen LogP contribution in [0.1, 0.15) is 23.6 Å². The zero-order valence-corrected chi connectivity index (χ0v) is 21.3. The van der Waals surface area contributed by atoms with Crippen LogP contribution in [0, 0.1) is 6.92 Å². The first-order chi connectivity index (χ1) is 14.6. The van der Waals surface area contributed by atoms with Crippen LogP contribution < -0.4 is 20.3 Å². The van der Waals surface area contributed by atoms with E-state index in [-0.39, 0.29) is 24.0 Å². The van der Waals surface area contributed by atoms with Crippen molar-refractivity contribution in [2.45, 2.75) is 26.9 Å². The van der Waals surface area contributed by atoms with E-state index in [9.17, 15) is 0 Å². The van der Waals surface area contributed by atoms with E-state index in [4.69, 9.17) is 4.74 Å². The van der Waals surface area contributed by atoms with Crippen molar-refractivity contribution in [3.8, 4) is 5.75 Å². The number of hydrogen-bond acceptors (Lipinski definition) is 5. The molecule has 0 spiro atoms. The van der Waals surface area contributed by atoms with Gasteiger partial charge in [0.1, 0.15) is 11.6 Å². The molecule has 3 rings (SSSR count). The number of likely N-dealkylation sites (N-methyl/N-ethyl adjacent to an activating group) is 1. The molecule has 1 saturated heterocycles. The summed E-state index contributed by atoms with van der Waals surface area (Å²) in [5, 5.41) is 6.70. The zero-order valence-electron chi connectivity index (χ0n) is 19.0. The number of aryl methyl sites for hydroxylation is 1. The van der Waals surface area contributed by atoms with Gasteiger partial charge in [0.25, 0.3) is 0 Å². The van der Waals surface area contributed by atoms with E-state index < -0.39 is 0 Å². The van der Waals surface area contributed by atoms with Gasteiger partial charge < -0.3 is 25.2 Å². The first kappa shape index (κ1) is 25.2. The molecule has 8 heteroatoms. The molecule has 1 aromatic heterocycles. The van der Waals surface area contributed by atoms with Crippen molar-refractivity contribution in [2.75, 3.05) is 51.8 Å². The third-order valence-corrected chi connectivity index (χ3v) is 5.53. The van der Waals surface area contributed by atoms with Crippen LogP contribution in [0.15, 0.2) is 41.5 Å². The maximum absolute atomic E-state index is 5.48. The second-order valence-electron chi connectivity index (χ2n) is 7.54. The molecule has 31 heavy (non-hydrogen) atoms. The molecule has 0 bridgehead atoms. The van der Waals surface area contributed by atoms with E-state index in [0.717, 1.165) is 61.4 Å². The van der Waals surface area contributed by atoms with Crippen molar-refractivity contribution in [3.05, 3.63) is 53.2 Å². The van der Waals surface area contributed by atoms with Crippen LogP contribution in [-0.4, -0.2) is 62.7 Å². The van der Waals surface area contributed by atoms with Crippen molar-refractivity contribution in [1.82, 2.24) is 20.5 Å². The number of anilines is 1. The third-order valence-electron chi connectivity index (χ3n) is 5.53. The van der Waals surface area contributed by atoms with E-state index in [1.165, 1.54) is 5.56 Å². The number of hydrogen-bond donors (Lipinski definition) is 2. The van der Waals surface area contributed by atoms with Gasteiger partial charge in [-0.1, -0.05) is 25.1 Å². The van der Waals surface area contributed by atoms with Crippen LogP contribution in [0.2, 0.25) is 0 Å². The summed E-state index contributed by atoms with van der Waals surface area (Å²) < 4.78 is 5.48. The van der Waals surface area contributed by atoms with E-state index in [0.29, 0.717) is 13.1 Å². The Kier molecular flexibility index (Phi) is 10.3. The van der Waals surface area contributed by atoms with Crippen molar-refractivity contribution in [1.29, 1.82) is 0 Å². The first-order valence-electron chi connectivity index (χ1n) is 10.6. The predicted octanol–water partition coefficient (Wildman–Crippen LogP) is 3.02. The molecule has 1 aliphatic rings. The average molecular weight is 538 g/mol. The summed E-state index contributed by atoms with van der Waals surface area (Å²) in [6.45, 7) is 11.0. The zero-order chi connectivity index (χ0) is 21.3. The second-order valence-corrected chi connectivity index (χ2v) is 7.54. The van der Waals surface area contributed by atoms with E-state index in [1.54, 1.807) is 14.2 Å². The summed E-state index contributed by atoms with van der Waals surface area (Å²) in [7, 11) is 3.48. The number of guanidine groups is 1. The lowest BCUT2D eigenvalue weighted by Crippen LogP contribution is -2.46. The summed E-state index contributed by atoms with van der Waals surface area (Å²) >= 11 is 0. The summed E-state index contributed by atoms with van der Waals surface area (Å²) in [5.74, 6) is 2.69. The van der Waals surface area contributed by atoms with Crippen molar-refractivity contribution >= 4 is 35.8 Å². The van der Waals surface area contributed by atoms with Gasteiger partial charge in [0, 0.05) is 58.1 Å². The smallest absolute Gasteiger partial charge is 0.191 e. The number of halogens is 1. The van der Waals surface area contributed by atoms with E-state index in [1.807, 2.05) is 12.3 Å². The summed E-state index contributed by atoms with van der Waals surface area (Å²) in [6.07, 6.45) is 1.95. The highest BCUT2D eigenvalue weighted by atomic mass is 127. The van der Waals surface area contributed by atoms with Crippen LogP contribution in [0.25, 0.3) is 0 Å². The number of pyridine rings is 1. The molecule has 0 unspecified atom stereocenters. The summed E-state index contributed by atoms with van der Waals surface area (Å²) in [4.78, 5) is 13.8. The number of aliphatic imine (C=N–C) groups is 1. The van der Waals surface area contributed by atoms with Gasteiger partial charge in [-0.3, -0.25) is 4.99 Å². The van der Waals surface area contributed by atoms with Gasteiger partial charge in [0.15, 0.2) is 5.96 Å². The van der Waals surface area contributed by atoms with Gasteiger partial charge in [-0.2, -0.15) is 0 Å². The van der Waals surface area contributed by atoms with Gasteiger partial charge in [0.05, 0.1) is 7.11 Å². The standard InChI is InChI=1S/C23H34N6O.HI/c1-5-28-10-12-29(13-11-28)22-9-7-19(15-25-22)16-26-23(24-3)27-17-20-8-6-18(2)14-21(20)30-4;/h6-9,14-15H,5,10-13,16-17H2,1-4H3,(H2,24,26,27);1H. The molecule has 1 aromatic carbocycles. The fourth-order valence-electron chi connectivity index (χ4n) is 3.58. The molecular weight excluding hydrogens is 503 g/mol. The Labute approximate surface area is 203 Å². The molecule has 7 nitrogen and oxygen atoms in total. The lowest BCUT2D eigenvalue weighted by molar-refractivity contribution is 0.270. The molecule has 1 aliphatic heterocycles. The first-order valence-corrected chi connectivity index (χ1v) is 10.6. The molecule has 0 aliphatic carbocycles. The van der Waals surface area contributed by atoms with Gasteiger partial charge >= 0.3 is 0 Å². The minimum Gasteiger partial charge on any atom is -0.496 e. The quantitative estimate of drug-likeness (QED) is 0.321. The Morgan fingerprint density at radius 2 is 1.84 bits per heavy atom. The average Bonchev–Trinajstić information content (AvgIpc) is 2.80. The second kappa shape index (κ2) is 12.7. The number of methoxy groups -OCH3 is 1. The van der Waals surface area contributed by atoms with E-state index in [2.05, 4.69) is 68.5 Å². The maximum Gasteiger partial charge on any atom is 0.191 e. The predicted molar refractivity (Wildman–Crippen MR) is 139 cm³/mol. The van der Waals surface area contributed by atoms with Crippen molar-refractivity contribution < 1.29 is 4.74 Å². The molecule has 2 aromatic rings. The van der Waals surface area contributed by atoms with Gasteiger partial charge in [0.2, 0.25) is 0 Å². The maximum atomic E-state index is 5.48. The number of rotatable bonds is 7. The van der Waals surface area contributed by atoms with Gasteiger partial charge in [-0.15, -0.1) is 24.0 Å². The monoisotopic (exact) mass is 538 g/mol. The van der Waals surface area contributed by atoms with Crippen molar-refractivity contribution in [2.24, 2.45) is 4.99 Å². The molecular formula is C23H35IN6O. The number of nitrogens with zero attached hydrogens (tertiary/aromatic N) is 4. The number of ether oxygens (including phenoxy) is 1. The number of benzene rings is 1. The molecule has 0 amide bonds. The van der Waals surface area contributed by atoms with Crippen LogP contribution >= 0.6 is 24.0 Å². The Bertz CT molecular complexity index is 834. The molecule has 1 fully saturated rings. The highest BCUT2D eigenvalue weighted by molar-refractivity contribution is 14.0. The molecule has 2 N–H and O–H groups in total. The number of piperazine rings is 1. The lowest BCUT2D eigenvalue weighted by atomic mass is 10.1. The normalized spacial score (nSPS) is 14.7. The summed E-state index contributed by atoms with van der Waals surface area (Å²) in [6, 6.07) is 10.5. The Balaban J connectivity index is 0.00000341. The highest BCUT2D eigenvalue weighted by Gasteiger charge is 2.16. The summed E-state index contributed by atoms with van der Waals surface area (Å²) in [5.41, 5.74) is 3.41. The lowest BCUT2D eigenvalue weighted by Gasteiger charge is -2.34. The highest BCUT2D eigenvalue weighted by Crippen LogP contribution is 2.19. The fourth-order valence-corrected chi connectivity index (χ4v) is 3.58. The number of aromatic nitrogens is 1. The van der Waals surface area contributed by atoms with E-state index >= 15 is 0 Å². The topological polar surface area (TPSA) is 65.0 Å². The Hall–Kier alpha value is -2.07. The van der Waals surface area contributed by atoms with Crippen LogP contribution in [-0.2, 0) is 13.1 Å². The van der Waals surface area contributed by atoms with Crippen LogP contribution in [0.4, 0.5) is 5.82 Å². The minimum absolute atomic E-state index is 0. The van der Waals surface area contributed by atoms with Crippen LogP contribution in [0.5, 0.6) is 5.75 Å². The van der Waals surface area contributed by atoms with Crippen LogP contribution in [0.3, 0.4) is 0 Å². The minimum atomic E-state index is 0.